The number of nitrogens with zero attached hydrogens (tertiary/aromatic N) is 3. The minimum Gasteiger partial charge on any atom is -0.362 e. The van der Waals surface area contributed by atoms with Crippen LogP contribution in [-0.4, -0.2) is 33.1 Å². The summed E-state index contributed by atoms with van der Waals surface area (Å²) in [7, 11) is 0. The van der Waals surface area contributed by atoms with E-state index in [1.54, 1.807) is 0 Å². The summed E-state index contributed by atoms with van der Waals surface area (Å²) in [6.07, 6.45) is 7.02. The van der Waals surface area contributed by atoms with Gasteiger partial charge in [0.05, 0.1) is 11.4 Å². The third-order valence-corrected chi connectivity index (χ3v) is 5.33. The number of aromatic nitrogens is 2. The third-order valence-electron chi connectivity index (χ3n) is 4.79. The second-order valence-electron chi connectivity index (χ2n) is 7.34. The van der Waals surface area contributed by atoms with E-state index in [2.05, 4.69) is 50.3 Å². The van der Waals surface area contributed by atoms with Crippen molar-refractivity contribution < 1.29 is 0 Å². The van der Waals surface area contributed by atoms with Crippen LogP contribution in [0.2, 0.25) is 0 Å². The normalized spacial score (nSPS) is 10.8. The van der Waals surface area contributed by atoms with Crippen LogP contribution < -0.4 is 10.6 Å². The molecule has 31 heavy (non-hydrogen) atoms. The van der Waals surface area contributed by atoms with Crippen LogP contribution in [0.3, 0.4) is 0 Å². The predicted molar refractivity (Wildman–Crippen MR) is 134 cm³/mol. The van der Waals surface area contributed by atoms with Gasteiger partial charge in [0, 0.05) is 42.6 Å². The Bertz CT molecular complexity index is 863. The standard InChI is InChI=1S/C24H29N5S2/c30-23-12-10-20(11-13-23)28-24(31)27-16-4-1-7-17-29(18-21-8-2-5-14-25-21)19-22-9-3-6-15-26-22/h2-3,5-6,8-15,30H,1,4,7,16-19H2,(H2,27,28,31). The summed E-state index contributed by atoms with van der Waals surface area (Å²) in [6, 6.07) is 19.9. The van der Waals surface area contributed by atoms with Crippen molar-refractivity contribution in [2.75, 3.05) is 18.4 Å². The van der Waals surface area contributed by atoms with Crippen LogP contribution in [0.25, 0.3) is 0 Å². The molecule has 2 N–H and O–H groups in total. The zero-order chi connectivity index (χ0) is 21.7. The van der Waals surface area contributed by atoms with Crippen LogP contribution in [0, 0.1) is 0 Å². The van der Waals surface area contributed by atoms with E-state index < -0.39 is 0 Å². The zero-order valence-electron chi connectivity index (χ0n) is 17.6. The van der Waals surface area contributed by atoms with Crippen LogP contribution in [-0.2, 0) is 13.1 Å². The second kappa shape index (κ2) is 13.0. The highest BCUT2D eigenvalue weighted by molar-refractivity contribution is 7.80. The van der Waals surface area contributed by atoms with Gasteiger partial charge in [0.25, 0.3) is 0 Å². The van der Waals surface area contributed by atoms with Gasteiger partial charge in [-0.05, 0) is 80.1 Å². The van der Waals surface area contributed by atoms with Crippen LogP contribution in [0.5, 0.6) is 0 Å². The minimum atomic E-state index is 0.652. The first kappa shape index (κ1) is 23.2. The molecule has 5 nitrogen and oxygen atoms in total. The molecule has 0 radical (unpaired) electrons. The summed E-state index contributed by atoms with van der Waals surface area (Å²) in [5.74, 6) is 0. The Hall–Kier alpha value is -2.48. The first-order chi connectivity index (χ1) is 15.2. The first-order valence-corrected chi connectivity index (χ1v) is 11.4. The fourth-order valence-corrected chi connectivity index (χ4v) is 3.58. The number of hydrogen-bond acceptors (Lipinski definition) is 5. The number of hydrogen-bond donors (Lipinski definition) is 3. The smallest absolute Gasteiger partial charge is 0.170 e. The van der Waals surface area contributed by atoms with Gasteiger partial charge in [-0.2, -0.15) is 0 Å². The fourth-order valence-electron chi connectivity index (χ4n) is 3.21. The van der Waals surface area contributed by atoms with E-state index in [0.29, 0.717) is 5.11 Å². The van der Waals surface area contributed by atoms with Crippen LogP contribution in [0.15, 0.2) is 78.0 Å². The van der Waals surface area contributed by atoms with E-state index in [0.717, 1.165) is 67.4 Å². The number of thiol groups is 1. The van der Waals surface area contributed by atoms with Gasteiger partial charge in [-0.25, -0.2) is 0 Å². The Kier molecular flexibility index (Phi) is 9.76. The molecular formula is C24H29N5S2. The summed E-state index contributed by atoms with van der Waals surface area (Å²) in [5.41, 5.74) is 3.14. The Morgan fingerprint density at radius 3 is 2.06 bits per heavy atom. The van der Waals surface area contributed by atoms with Gasteiger partial charge >= 0.3 is 0 Å². The average molecular weight is 452 g/mol. The average Bonchev–Trinajstić information content (AvgIpc) is 2.79. The molecule has 0 aliphatic heterocycles. The Labute approximate surface area is 195 Å². The number of unbranched alkanes of at least 4 members (excludes halogenated alkanes) is 2. The molecule has 3 rings (SSSR count). The summed E-state index contributed by atoms with van der Waals surface area (Å²) >= 11 is 9.67. The van der Waals surface area contributed by atoms with Crippen LogP contribution in [0.4, 0.5) is 5.69 Å². The van der Waals surface area contributed by atoms with Crippen molar-refractivity contribution in [1.82, 2.24) is 20.2 Å². The summed E-state index contributed by atoms with van der Waals surface area (Å²) in [6.45, 7) is 3.52. The molecule has 0 saturated carbocycles. The highest BCUT2D eigenvalue weighted by Gasteiger charge is 2.08. The zero-order valence-corrected chi connectivity index (χ0v) is 19.3. The molecule has 7 heteroatoms. The largest absolute Gasteiger partial charge is 0.362 e. The molecule has 0 aliphatic carbocycles. The molecule has 0 aliphatic rings. The highest BCUT2D eigenvalue weighted by Crippen LogP contribution is 2.12. The monoisotopic (exact) mass is 451 g/mol. The maximum Gasteiger partial charge on any atom is 0.170 e. The lowest BCUT2D eigenvalue weighted by Gasteiger charge is -2.21. The minimum absolute atomic E-state index is 0.652. The van der Waals surface area contributed by atoms with E-state index >= 15 is 0 Å². The molecule has 0 unspecified atom stereocenters. The van der Waals surface area contributed by atoms with Crippen LogP contribution >= 0.6 is 24.8 Å². The Morgan fingerprint density at radius 1 is 0.839 bits per heavy atom. The summed E-state index contributed by atoms with van der Waals surface area (Å²) in [5, 5.41) is 7.13. The molecule has 3 aromatic rings. The molecule has 162 valence electrons. The number of rotatable bonds is 11. The third kappa shape index (κ3) is 9.04. The number of nitrogens with one attached hydrogen (secondary N) is 2. The van der Waals surface area contributed by atoms with Crippen molar-refractivity contribution in [3.05, 3.63) is 84.4 Å². The van der Waals surface area contributed by atoms with Gasteiger partial charge in [0.1, 0.15) is 0 Å². The summed E-state index contributed by atoms with van der Waals surface area (Å²) in [4.78, 5) is 12.3. The quantitative estimate of drug-likeness (QED) is 0.218. The van der Waals surface area contributed by atoms with Crippen molar-refractivity contribution >= 4 is 35.6 Å². The van der Waals surface area contributed by atoms with E-state index in [9.17, 15) is 0 Å². The second-order valence-corrected chi connectivity index (χ2v) is 8.27. The number of pyridine rings is 2. The molecule has 0 bridgehead atoms. The van der Waals surface area contributed by atoms with E-state index in [-0.39, 0.29) is 0 Å². The highest BCUT2D eigenvalue weighted by atomic mass is 32.1. The fraction of sp³-hybridized carbons (Fsp3) is 0.292. The molecule has 2 aromatic heterocycles. The van der Waals surface area contributed by atoms with Gasteiger partial charge < -0.3 is 10.6 Å². The first-order valence-electron chi connectivity index (χ1n) is 10.5. The molecule has 0 amide bonds. The SMILES string of the molecule is S=C(NCCCCCN(Cc1ccccn1)Cc1ccccn1)Nc1ccc(S)cc1. The number of benzene rings is 1. The maximum absolute atomic E-state index is 5.37. The Balaban J connectivity index is 1.37. The Morgan fingerprint density at radius 2 is 1.48 bits per heavy atom. The van der Waals surface area contributed by atoms with Crippen LogP contribution in [0.1, 0.15) is 30.7 Å². The number of anilines is 1. The molecule has 0 spiro atoms. The topological polar surface area (TPSA) is 53.1 Å². The lowest BCUT2D eigenvalue weighted by molar-refractivity contribution is 0.245. The van der Waals surface area contributed by atoms with Gasteiger partial charge in [-0.15, -0.1) is 12.6 Å². The molecular weight excluding hydrogens is 422 g/mol. The van der Waals surface area contributed by atoms with Crippen molar-refractivity contribution in [2.24, 2.45) is 0 Å². The maximum atomic E-state index is 5.37. The molecule has 1 aromatic carbocycles. The van der Waals surface area contributed by atoms with Crippen molar-refractivity contribution in [3.8, 4) is 0 Å². The molecule has 0 fully saturated rings. The van der Waals surface area contributed by atoms with Crippen molar-refractivity contribution in [2.45, 2.75) is 37.2 Å². The van der Waals surface area contributed by atoms with E-state index in [1.807, 2.05) is 60.9 Å². The van der Waals surface area contributed by atoms with Gasteiger partial charge in [0.2, 0.25) is 0 Å². The number of thiocarbonyl (C=S) groups is 1. The van der Waals surface area contributed by atoms with E-state index in [4.69, 9.17) is 12.2 Å². The van der Waals surface area contributed by atoms with Gasteiger partial charge in [-0.3, -0.25) is 14.9 Å². The molecule has 2 heterocycles. The molecule has 0 saturated heterocycles. The van der Waals surface area contributed by atoms with E-state index in [1.165, 1.54) is 0 Å². The van der Waals surface area contributed by atoms with Gasteiger partial charge in [0.15, 0.2) is 5.11 Å². The van der Waals surface area contributed by atoms with Crippen molar-refractivity contribution in [3.63, 3.8) is 0 Å². The summed E-state index contributed by atoms with van der Waals surface area (Å²) < 4.78 is 0. The van der Waals surface area contributed by atoms with Crippen molar-refractivity contribution in [1.29, 1.82) is 0 Å². The van der Waals surface area contributed by atoms with Gasteiger partial charge in [-0.1, -0.05) is 18.6 Å². The molecule has 0 atom stereocenters. The lowest BCUT2D eigenvalue weighted by atomic mass is 10.2. The lowest BCUT2D eigenvalue weighted by Crippen LogP contribution is -2.29. The predicted octanol–water partition coefficient (Wildman–Crippen LogP) is 4.92.